The molecule has 1 aliphatic heterocycles. The first-order valence-electron chi connectivity index (χ1n) is 10.6. The Balaban J connectivity index is 1.44. The highest BCUT2D eigenvalue weighted by molar-refractivity contribution is 6.30. The van der Waals surface area contributed by atoms with Crippen LogP contribution < -0.4 is 5.32 Å². The van der Waals surface area contributed by atoms with Crippen LogP contribution in [-0.4, -0.2) is 22.6 Å². The van der Waals surface area contributed by atoms with Crippen LogP contribution in [0.1, 0.15) is 30.0 Å². The molecule has 5 atom stereocenters. The zero-order valence-electron chi connectivity index (χ0n) is 17.1. The second-order valence-corrected chi connectivity index (χ2v) is 9.17. The van der Waals surface area contributed by atoms with Crippen LogP contribution in [0.2, 0.25) is 5.02 Å². The number of hydrogen-bond acceptors (Lipinski definition) is 3. The fourth-order valence-corrected chi connectivity index (χ4v) is 5.51. The van der Waals surface area contributed by atoms with Crippen molar-refractivity contribution in [2.24, 2.45) is 23.7 Å². The van der Waals surface area contributed by atoms with Gasteiger partial charge in [0, 0.05) is 10.7 Å². The molecular formula is C25H23ClN2O3. The lowest BCUT2D eigenvalue weighted by atomic mass is 9.85. The Morgan fingerprint density at radius 1 is 1.06 bits per heavy atom. The fourth-order valence-electron chi connectivity index (χ4n) is 5.39. The number of anilines is 1. The number of likely N-dealkylation sites (tertiary alicyclic amines) is 1. The average Bonchev–Trinajstić information content (AvgIpc) is 3.41. The summed E-state index contributed by atoms with van der Waals surface area (Å²) in [6.45, 7) is 1.95. The van der Waals surface area contributed by atoms with Crippen LogP contribution in [0.15, 0.2) is 60.7 Å². The zero-order valence-corrected chi connectivity index (χ0v) is 17.9. The van der Waals surface area contributed by atoms with Gasteiger partial charge in [0.05, 0.1) is 24.3 Å². The van der Waals surface area contributed by atoms with E-state index < -0.39 is 6.04 Å². The van der Waals surface area contributed by atoms with Gasteiger partial charge in [0.25, 0.3) is 0 Å². The molecule has 2 aliphatic carbocycles. The summed E-state index contributed by atoms with van der Waals surface area (Å²) >= 11 is 6.05. The summed E-state index contributed by atoms with van der Waals surface area (Å²) in [5, 5.41) is 3.46. The van der Waals surface area contributed by atoms with E-state index in [9.17, 15) is 14.4 Å². The third kappa shape index (κ3) is 3.47. The summed E-state index contributed by atoms with van der Waals surface area (Å²) in [6.07, 6.45) is 5.01. The predicted octanol–water partition coefficient (Wildman–Crippen LogP) is 4.53. The minimum atomic E-state index is -0.660. The smallest absolute Gasteiger partial charge is 0.234 e. The first-order chi connectivity index (χ1) is 14.9. The highest BCUT2D eigenvalue weighted by atomic mass is 35.5. The maximum absolute atomic E-state index is 13.4. The number of carbonyl (C=O) groups excluding carboxylic acids is 3. The van der Waals surface area contributed by atoms with E-state index in [1.54, 1.807) is 24.3 Å². The normalized spacial score (nSPS) is 27.0. The van der Waals surface area contributed by atoms with Crippen molar-refractivity contribution in [3.05, 3.63) is 76.8 Å². The topological polar surface area (TPSA) is 66.5 Å². The Morgan fingerprint density at radius 2 is 1.71 bits per heavy atom. The number of benzene rings is 2. The molecule has 2 aromatic carbocycles. The van der Waals surface area contributed by atoms with Crippen LogP contribution in [0.4, 0.5) is 5.69 Å². The third-order valence-corrected chi connectivity index (χ3v) is 7.00. The van der Waals surface area contributed by atoms with Crippen LogP contribution >= 0.6 is 11.6 Å². The van der Waals surface area contributed by atoms with E-state index in [0.29, 0.717) is 10.7 Å². The van der Waals surface area contributed by atoms with Gasteiger partial charge >= 0.3 is 0 Å². The summed E-state index contributed by atoms with van der Waals surface area (Å²) in [7, 11) is 0. The fraction of sp³-hybridized carbons (Fsp3) is 0.320. The van der Waals surface area contributed by atoms with Crippen LogP contribution in [0.5, 0.6) is 0 Å². The number of aryl methyl sites for hydroxylation is 1. The van der Waals surface area contributed by atoms with Gasteiger partial charge in [-0.3, -0.25) is 19.3 Å². The molecule has 5 unspecified atom stereocenters. The van der Waals surface area contributed by atoms with Crippen LogP contribution in [0.3, 0.4) is 0 Å². The summed E-state index contributed by atoms with van der Waals surface area (Å²) in [4.78, 5) is 41.0. The molecule has 31 heavy (non-hydrogen) atoms. The van der Waals surface area contributed by atoms with E-state index >= 15 is 0 Å². The minimum Gasteiger partial charge on any atom is -0.326 e. The molecule has 5 rings (SSSR count). The Morgan fingerprint density at radius 3 is 2.32 bits per heavy atom. The number of halogens is 1. The highest BCUT2D eigenvalue weighted by Crippen LogP contribution is 2.54. The van der Waals surface area contributed by atoms with Crippen molar-refractivity contribution in [2.45, 2.75) is 25.8 Å². The van der Waals surface area contributed by atoms with Gasteiger partial charge in [-0.25, -0.2) is 0 Å². The summed E-state index contributed by atoms with van der Waals surface area (Å²) < 4.78 is 0. The van der Waals surface area contributed by atoms with Gasteiger partial charge in [-0.05, 0) is 60.6 Å². The Hall–Kier alpha value is -2.92. The van der Waals surface area contributed by atoms with E-state index in [0.717, 1.165) is 17.5 Å². The van der Waals surface area contributed by atoms with Crippen molar-refractivity contribution in [3.8, 4) is 0 Å². The van der Waals surface area contributed by atoms with Crippen molar-refractivity contribution >= 4 is 35.0 Å². The molecule has 0 aromatic heterocycles. The standard InChI is InChI=1S/C25H23ClN2O3/c1-14-3-2-4-19(11-14)27-21(29)13-20(15-7-9-18(26)10-8-15)28-24(30)22-16-5-6-17(12-16)23(22)25(28)31/h2-11,16-17,20,22-23H,12-13H2,1H3,(H,27,29). The molecule has 1 saturated carbocycles. The molecule has 2 fully saturated rings. The molecule has 1 N–H and O–H groups in total. The second kappa shape index (κ2) is 7.65. The lowest BCUT2D eigenvalue weighted by molar-refractivity contribution is -0.144. The molecule has 5 nitrogen and oxygen atoms in total. The van der Waals surface area contributed by atoms with E-state index in [1.807, 2.05) is 31.2 Å². The van der Waals surface area contributed by atoms with Crippen molar-refractivity contribution < 1.29 is 14.4 Å². The van der Waals surface area contributed by atoms with E-state index in [2.05, 4.69) is 17.5 Å². The van der Waals surface area contributed by atoms with Crippen molar-refractivity contribution in [3.63, 3.8) is 0 Å². The first kappa shape index (κ1) is 20.0. The molecule has 3 aliphatic rings. The zero-order chi connectivity index (χ0) is 21.7. The lowest BCUT2D eigenvalue weighted by Gasteiger charge is -2.28. The molecule has 1 saturated heterocycles. The molecule has 0 radical (unpaired) electrons. The number of nitrogens with zero attached hydrogens (tertiary/aromatic N) is 1. The quantitative estimate of drug-likeness (QED) is 0.555. The molecule has 158 valence electrons. The minimum absolute atomic E-state index is 0.00471. The number of carbonyl (C=O) groups is 3. The Kier molecular flexibility index (Phi) is 4.94. The number of fused-ring (bicyclic) bond motifs is 5. The maximum atomic E-state index is 13.4. The average molecular weight is 435 g/mol. The van der Waals surface area contributed by atoms with Crippen LogP contribution in [-0.2, 0) is 14.4 Å². The van der Waals surface area contributed by atoms with Gasteiger partial charge in [0.1, 0.15) is 0 Å². The van der Waals surface area contributed by atoms with Crippen LogP contribution in [0, 0.1) is 30.6 Å². The largest absolute Gasteiger partial charge is 0.326 e. The molecule has 2 bridgehead atoms. The molecular weight excluding hydrogens is 412 g/mol. The number of amides is 3. The molecule has 1 heterocycles. The van der Waals surface area contributed by atoms with Crippen molar-refractivity contribution in [2.75, 3.05) is 5.32 Å². The van der Waals surface area contributed by atoms with Crippen molar-refractivity contribution in [1.82, 2.24) is 4.90 Å². The second-order valence-electron chi connectivity index (χ2n) is 8.74. The number of nitrogens with one attached hydrogen (secondary N) is 1. The Bertz CT molecular complexity index is 1060. The van der Waals surface area contributed by atoms with E-state index in [1.165, 1.54) is 4.90 Å². The van der Waals surface area contributed by atoms with Gasteiger partial charge in [-0.2, -0.15) is 0 Å². The number of allylic oxidation sites excluding steroid dienone is 2. The van der Waals surface area contributed by atoms with E-state index in [4.69, 9.17) is 11.6 Å². The first-order valence-corrected chi connectivity index (χ1v) is 11.0. The Labute approximate surface area is 186 Å². The molecule has 6 heteroatoms. The summed E-state index contributed by atoms with van der Waals surface area (Å²) in [6, 6.07) is 13.9. The van der Waals surface area contributed by atoms with Crippen molar-refractivity contribution in [1.29, 1.82) is 0 Å². The number of rotatable bonds is 5. The summed E-state index contributed by atoms with van der Waals surface area (Å²) in [5.41, 5.74) is 2.46. The maximum Gasteiger partial charge on any atom is 0.234 e. The highest BCUT2D eigenvalue weighted by Gasteiger charge is 2.60. The summed E-state index contributed by atoms with van der Waals surface area (Å²) in [5.74, 6) is -0.893. The lowest BCUT2D eigenvalue weighted by Crippen LogP contribution is -2.38. The number of imide groups is 1. The van der Waals surface area contributed by atoms with Gasteiger partial charge < -0.3 is 5.32 Å². The van der Waals surface area contributed by atoms with Crippen LogP contribution in [0.25, 0.3) is 0 Å². The van der Waals surface area contributed by atoms with Gasteiger partial charge in [-0.1, -0.05) is 48.0 Å². The monoisotopic (exact) mass is 434 g/mol. The third-order valence-electron chi connectivity index (χ3n) is 6.75. The predicted molar refractivity (Wildman–Crippen MR) is 118 cm³/mol. The molecule has 0 spiro atoms. The molecule has 3 amide bonds. The number of hydrogen-bond donors (Lipinski definition) is 1. The van der Waals surface area contributed by atoms with E-state index in [-0.39, 0.29) is 47.8 Å². The van der Waals surface area contributed by atoms with Gasteiger partial charge in [0.15, 0.2) is 0 Å². The van der Waals surface area contributed by atoms with Gasteiger partial charge in [0.2, 0.25) is 17.7 Å². The molecule has 2 aromatic rings. The van der Waals surface area contributed by atoms with Gasteiger partial charge in [-0.15, -0.1) is 0 Å². The SMILES string of the molecule is Cc1cccc(NC(=O)CC(c2ccc(Cl)cc2)N2C(=O)C3C4C=CC(C4)C3C2=O)c1.